The lowest BCUT2D eigenvalue weighted by atomic mass is 10.0. The molecular formula is C14H21ClN2. The van der Waals surface area contributed by atoms with E-state index in [-0.39, 0.29) is 0 Å². The van der Waals surface area contributed by atoms with Gasteiger partial charge in [-0.25, -0.2) is 0 Å². The third-order valence-electron chi connectivity index (χ3n) is 3.41. The molecule has 0 radical (unpaired) electrons. The van der Waals surface area contributed by atoms with Gasteiger partial charge in [0.15, 0.2) is 0 Å². The van der Waals surface area contributed by atoms with Gasteiger partial charge in [0.2, 0.25) is 0 Å². The number of rotatable bonds is 4. The van der Waals surface area contributed by atoms with Gasteiger partial charge in [0.1, 0.15) is 0 Å². The average molecular weight is 253 g/mol. The molecule has 1 fully saturated rings. The Morgan fingerprint density at radius 3 is 3.00 bits per heavy atom. The Hall–Kier alpha value is -0.730. The maximum absolute atomic E-state index is 6.09. The van der Waals surface area contributed by atoms with E-state index in [4.69, 9.17) is 11.6 Å². The van der Waals surface area contributed by atoms with Crippen molar-refractivity contribution >= 4 is 17.3 Å². The molecule has 3 heteroatoms. The fourth-order valence-corrected chi connectivity index (χ4v) is 2.44. The van der Waals surface area contributed by atoms with E-state index in [0.29, 0.717) is 6.04 Å². The van der Waals surface area contributed by atoms with E-state index in [2.05, 4.69) is 22.8 Å². The molecule has 1 aliphatic heterocycles. The Balaban J connectivity index is 1.75. The molecule has 1 heterocycles. The lowest BCUT2D eigenvalue weighted by molar-refractivity contribution is 0.389. The van der Waals surface area contributed by atoms with Crippen LogP contribution in [0.1, 0.15) is 31.2 Å². The molecule has 0 aromatic heterocycles. The largest absolute Gasteiger partial charge is 0.385 e. The van der Waals surface area contributed by atoms with Gasteiger partial charge in [0, 0.05) is 23.3 Å². The van der Waals surface area contributed by atoms with Gasteiger partial charge in [-0.3, -0.25) is 0 Å². The lowest BCUT2D eigenvalue weighted by Gasteiger charge is -2.23. The summed E-state index contributed by atoms with van der Waals surface area (Å²) >= 11 is 6.09. The van der Waals surface area contributed by atoms with Crippen molar-refractivity contribution in [2.24, 2.45) is 0 Å². The summed E-state index contributed by atoms with van der Waals surface area (Å²) in [7, 11) is 0. The van der Waals surface area contributed by atoms with Crippen LogP contribution in [0.25, 0.3) is 0 Å². The third kappa shape index (κ3) is 3.90. The molecule has 1 atom stereocenters. The normalized spacial score (nSPS) is 20.2. The molecule has 1 saturated heterocycles. The minimum atomic E-state index is 0.692. The van der Waals surface area contributed by atoms with E-state index < -0.39 is 0 Å². The fraction of sp³-hybridized carbons (Fsp3) is 0.571. The minimum absolute atomic E-state index is 0.692. The van der Waals surface area contributed by atoms with E-state index in [1.807, 2.05) is 13.0 Å². The maximum Gasteiger partial charge on any atom is 0.0455 e. The number of halogens is 1. The average Bonchev–Trinajstić information content (AvgIpc) is 2.35. The summed E-state index contributed by atoms with van der Waals surface area (Å²) in [5.41, 5.74) is 2.25. The molecule has 94 valence electrons. The highest BCUT2D eigenvalue weighted by molar-refractivity contribution is 6.31. The number of benzene rings is 1. The molecule has 2 N–H and O–H groups in total. The summed E-state index contributed by atoms with van der Waals surface area (Å²) in [6, 6.07) is 6.85. The van der Waals surface area contributed by atoms with Crippen molar-refractivity contribution in [2.75, 3.05) is 18.4 Å². The second kappa shape index (κ2) is 6.27. The van der Waals surface area contributed by atoms with E-state index in [1.165, 1.54) is 32.2 Å². The van der Waals surface area contributed by atoms with Gasteiger partial charge in [-0.15, -0.1) is 0 Å². The topological polar surface area (TPSA) is 24.1 Å². The number of hydrogen-bond acceptors (Lipinski definition) is 2. The molecule has 1 aliphatic rings. The molecule has 1 unspecified atom stereocenters. The molecule has 17 heavy (non-hydrogen) atoms. The Kier molecular flexibility index (Phi) is 4.69. The number of piperidine rings is 1. The Labute approximate surface area is 109 Å². The third-order valence-corrected chi connectivity index (χ3v) is 3.81. The quantitative estimate of drug-likeness (QED) is 0.856. The van der Waals surface area contributed by atoms with Crippen LogP contribution in [0.5, 0.6) is 0 Å². The summed E-state index contributed by atoms with van der Waals surface area (Å²) in [5.74, 6) is 0. The first kappa shape index (κ1) is 12.7. The van der Waals surface area contributed by atoms with E-state index in [1.54, 1.807) is 0 Å². The van der Waals surface area contributed by atoms with Crippen molar-refractivity contribution in [1.82, 2.24) is 5.32 Å². The van der Waals surface area contributed by atoms with Crippen LogP contribution in [-0.2, 0) is 0 Å². The van der Waals surface area contributed by atoms with Crippen molar-refractivity contribution in [3.8, 4) is 0 Å². The number of nitrogens with one attached hydrogen (secondary N) is 2. The van der Waals surface area contributed by atoms with Crippen LogP contribution in [0.2, 0.25) is 5.02 Å². The standard InChI is InChI=1S/C14H21ClN2/c1-11-5-6-13(10-14(11)15)17-9-7-12-4-2-3-8-16-12/h5-6,10,12,16-17H,2-4,7-9H2,1H3. The molecule has 0 bridgehead atoms. The van der Waals surface area contributed by atoms with Crippen molar-refractivity contribution in [3.63, 3.8) is 0 Å². The van der Waals surface area contributed by atoms with Gasteiger partial charge in [-0.1, -0.05) is 24.1 Å². The zero-order valence-electron chi connectivity index (χ0n) is 10.4. The molecule has 0 spiro atoms. The van der Waals surface area contributed by atoms with Gasteiger partial charge >= 0.3 is 0 Å². The smallest absolute Gasteiger partial charge is 0.0455 e. The van der Waals surface area contributed by atoms with E-state index in [0.717, 1.165) is 22.8 Å². The van der Waals surface area contributed by atoms with Crippen LogP contribution in [-0.4, -0.2) is 19.1 Å². The molecule has 0 aliphatic carbocycles. The minimum Gasteiger partial charge on any atom is -0.385 e. The highest BCUT2D eigenvalue weighted by atomic mass is 35.5. The highest BCUT2D eigenvalue weighted by Gasteiger charge is 2.11. The van der Waals surface area contributed by atoms with Gasteiger partial charge in [0.05, 0.1) is 0 Å². The monoisotopic (exact) mass is 252 g/mol. The van der Waals surface area contributed by atoms with Crippen LogP contribution in [0, 0.1) is 6.92 Å². The van der Waals surface area contributed by atoms with Crippen LogP contribution < -0.4 is 10.6 Å². The maximum atomic E-state index is 6.09. The summed E-state index contributed by atoms with van der Waals surface area (Å²) in [5, 5.41) is 7.83. The van der Waals surface area contributed by atoms with Crippen LogP contribution in [0.3, 0.4) is 0 Å². The predicted octanol–water partition coefficient (Wildman–Crippen LogP) is 3.59. The summed E-state index contributed by atoms with van der Waals surface area (Å²) in [4.78, 5) is 0. The fourth-order valence-electron chi connectivity index (χ4n) is 2.26. The van der Waals surface area contributed by atoms with E-state index in [9.17, 15) is 0 Å². The van der Waals surface area contributed by atoms with E-state index >= 15 is 0 Å². The number of anilines is 1. The predicted molar refractivity (Wildman–Crippen MR) is 74.9 cm³/mol. The molecule has 1 aromatic rings. The Morgan fingerprint density at radius 1 is 1.41 bits per heavy atom. The van der Waals surface area contributed by atoms with Gasteiger partial charge in [-0.2, -0.15) is 0 Å². The van der Waals surface area contributed by atoms with Crippen LogP contribution >= 0.6 is 11.6 Å². The Morgan fingerprint density at radius 2 is 2.29 bits per heavy atom. The van der Waals surface area contributed by atoms with Crippen molar-refractivity contribution in [2.45, 2.75) is 38.6 Å². The number of hydrogen-bond donors (Lipinski definition) is 2. The van der Waals surface area contributed by atoms with Crippen molar-refractivity contribution in [1.29, 1.82) is 0 Å². The van der Waals surface area contributed by atoms with Gasteiger partial charge in [0.25, 0.3) is 0 Å². The zero-order chi connectivity index (χ0) is 12.1. The first-order valence-corrected chi connectivity index (χ1v) is 6.87. The van der Waals surface area contributed by atoms with Crippen molar-refractivity contribution < 1.29 is 0 Å². The van der Waals surface area contributed by atoms with Gasteiger partial charge < -0.3 is 10.6 Å². The molecule has 0 saturated carbocycles. The molecule has 0 amide bonds. The zero-order valence-corrected chi connectivity index (χ0v) is 11.2. The molecule has 1 aromatic carbocycles. The van der Waals surface area contributed by atoms with Crippen LogP contribution in [0.4, 0.5) is 5.69 Å². The summed E-state index contributed by atoms with van der Waals surface area (Å²) < 4.78 is 0. The second-order valence-electron chi connectivity index (χ2n) is 4.83. The molecular weight excluding hydrogens is 232 g/mol. The highest BCUT2D eigenvalue weighted by Crippen LogP contribution is 2.20. The molecule has 2 rings (SSSR count). The lowest BCUT2D eigenvalue weighted by Crippen LogP contribution is -2.35. The van der Waals surface area contributed by atoms with Gasteiger partial charge in [-0.05, 0) is 50.4 Å². The van der Waals surface area contributed by atoms with Crippen molar-refractivity contribution in [3.05, 3.63) is 28.8 Å². The first-order chi connectivity index (χ1) is 8.25. The summed E-state index contributed by atoms with van der Waals surface area (Å²) in [6.07, 6.45) is 5.20. The first-order valence-electron chi connectivity index (χ1n) is 6.49. The second-order valence-corrected chi connectivity index (χ2v) is 5.23. The number of aryl methyl sites for hydroxylation is 1. The van der Waals surface area contributed by atoms with Crippen LogP contribution in [0.15, 0.2) is 18.2 Å². The SMILES string of the molecule is Cc1ccc(NCCC2CCCCN2)cc1Cl. The molecule has 2 nitrogen and oxygen atoms in total. The Bertz CT molecular complexity index is 359. The summed E-state index contributed by atoms with van der Waals surface area (Å²) in [6.45, 7) is 4.22.